The number of esters is 1. The molecular formula is C15H15FN2O2. The van der Waals surface area contributed by atoms with Gasteiger partial charge in [0, 0.05) is 12.2 Å². The van der Waals surface area contributed by atoms with Crippen molar-refractivity contribution in [2.75, 3.05) is 12.4 Å². The van der Waals surface area contributed by atoms with Crippen molar-refractivity contribution in [1.82, 2.24) is 4.98 Å². The number of carbonyl (C=O) groups excluding carboxylic acids is 1. The van der Waals surface area contributed by atoms with Gasteiger partial charge in [0.05, 0.1) is 7.11 Å². The van der Waals surface area contributed by atoms with Crippen LogP contribution in [0.15, 0.2) is 42.6 Å². The van der Waals surface area contributed by atoms with Crippen molar-refractivity contribution in [3.63, 3.8) is 0 Å². The zero-order valence-electron chi connectivity index (χ0n) is 11.3. The van der Waals surface area contributed by atoms with E-state index in [2.05, 4.69) is 10.3 Å². The van der Waals surface area contributed by atoms with Crippen molar-refractivity contribution >= 4 is 11.8 Å². The standard InChI is InChI=1S/C15H15FN2O2/c1-10(11-5-7-12(16)8-6-11)18-14-13(15(19)20-2)4-3-9-17-14/h3-10H,1-2H3,(H,17,18). The molecular weight excluding hydrogens is 259 g/mol. The summed E-state index contributed by atoms with van der Waals surface area (Å²) < 4.78 is 17.6. The number of ether oxygens (including phenoxy) is 1. The fourth-order valence-corrected chi connectivity index (χ4v) is 1.83. The molecule has 0 saturated carbocycles. The van der Waals surface area contributed by atoms with Crippen LogP contribution in [0.25, 0.3) is 0 Å². The molecule has 2 aromatic rings. The summed E-state index contributed by atoms with van der Waals surface area (Å²) in [4.78, 5) is 15.8. The van der Waals surface area contributed by atoms with Crippen LogP contribution < -0.4 is 5.32 Å². The third kappa shape index (κ3) is 3.12. The average molecular weight is 274 g/mol. The van der Waals surface area contributed by atoms with E-state index in [-0.39, 0.29) is 11.9 Å². The largest absolute Gasteiger partial charge is 0.465 e. The maximum Gasteiger partial charge on any atom is 0.341 e. The number of carbonyl (C=O) groups is 1. The summed E-state index contributed by atoms with van der Waals surface area (Å²) in [6, 6.07) is 9.36. The van der Waals surface area contributed by atoms with Gasteiger partial charge in [-0.15, -0.1) is 0 Å². The highest BCUT2D eigenvalue weighted by Gasteiger charge is 2.14. The zero-order valence-corrected chi connectivity index (χ0v) is 11.3. The molecule has 0 saturated heterocycles. The molecule has 1 aromatic heterocycles. The van der Waals surface area contributed by atoms with E-state index < -0.39 is 5.97 Å². The van der Waals surface area contributed by atoms with Crippen molar-refractivity contribution in [2.45, 2.75) is 13.0 Å². The molecule has 2 rings (SSSR count). The molecule has 1 heterocycles. The number of nitrogens with zero attached hydrogens (tertiary/aromatic N) is 1. The fourth-order valence-electron chi connectivity index (χ4n) is 1.83. The summed E-state index contributed by atoms with van der Waals surface area (Å²) in [5.41, 5.74) is 1.26. The topological polar surface area (TPSA) is 51.2 Å². The molecule has 0 radical (unpaired) electrons. The number of hydrogen-bond donors (Lipinski definition) is 1. The van der Waals surface area contributed by atoms with Crippen LogP contribution in [-0.4, -0.2) is 18.1 Å². The van der Waals surface area contributed by atoms with Crippen molar-refractivity contribution in [1.29, 1.82) is 0 Å². The van der Waals surface area contributed by atoms with E-state index in [0.29, 0.717) is 11.4 Å². The van der Waals surface area contributed by atoms with Gasteiger partial charge in [-0.05, 0) is 36.8 Å². The molecule has 5 heteroatoms. The highest BCUT2D eigenvalue weighted by Crippen LogP contribution is 2.21. The van der Waals surface area contributed by atoms with Gasteiger partial charge in [0.1, 0.15) is 17.2 Å². The molecule has 1 aromatic carbocycles. The Morgan fingerprint density at radius 3 is 2.65 bits per heavy atom. The SMILES string of the molecule is COC(=O)c1cccnc1NC(C)c1ccc(F)cc1. The normalized spacial score (nSPS) is 11.8. The smallest absolute Gasteiger partial charge is 0.341 e. The molecule has 1 atom stereocenters. The van der Waals surface area contributed by atoms with Gasteiger partial charge in [0.2, 0.25) is 0 Å². The Labute approximate surface area is 116 Å². The quantitative estimate of drug-likeness (QED) is 0.870. The first kappa shape index (κ1) is 14.0. The lowest BCUT2D eigenvalue weighted by atomic mass is 10.1. The van der Waals surface area contributed by atoms with E-state index in [1.165, 1.54) is 19.2 Å². The maximum atomic E-state index is 12.9. The molecule has 0 amide bonds. The Balaban J connectivity index is 2.21. The minimum Gasteiger partial charge on any atom is -0.465 e. The Hall–Kier alpha value is -2.43. The zero-order chi connectivity index (χ0) is 14.5. The molecule has 20 heavy (non-hydrogen) atoms. The maximum absolute atomic E-state index is 12.9. The van der Waals surface area contributed by atoms with E-state index in [1.807, 2.05) is 6.92 Å². The van der Waals surface area contributed by atoms with Crippen LogP contribution in [0.3, 0.4) is 0 Å². The molecule has 0 aliphatic carbocycles. The third-order valence-electron chi connectivity index (χ3n) is 2.94. The number of benzene rings is 1. The van der Waals surface area contributed by atoms with Gasteiger partial charge in [0.15, 0.2) is 0 Å². The van der Waals surface area contributed by atoms with Crippen LogP contribution in [0.5, 0.6) is 0 Å². The van der Waals surface area contributed by atoms with Gasteiger partial charge in [-0.3, -0.25) is 0 Å². The summed E-state index contributed by atoms with van der Waals surface area (Å²) in [5.74, 6) is -0.294. The van der Waals surface area contributed by atoms with E-state index in [1.54, 1.807) is 30.5 Å². The first-order valence-corrected chi connectivity index (χ1v) is 6.17. The monoisotopic (exact) mass is 274 g/mol. The van der Waals surface area contributed by atoms with Gasteiger partial charge in [-0.1, -0.05) is 12.1 Å². The van der Waals surface area contributed by atoms with Crippen LogP contribution >= 0.6 is 0 Å². The number of methoxy groups -OCH3 is 1. The van der Waals surface area contributed by atoms with Crippen LogP contribution in [0.2, 0.25) is 0 Å². The molecule has 0 bridgehead atoms. The van der Waals surface area contributed by atoms with Crippen molar-refractivity contribution in [3.05, 3.63) is 59.5 Å². The van der Waals surface area contributed by atoms with Gasteiger partial charge in [-0.25, -0.2) is 14.2 Å². The number of halogens is 1. The minimum absolute atomic E-state index is 0.117. The first-order valence-electron chi connectivity index (χ1n) is 6.17. The molecule has 4 nitrogen and oxygen atoms in total. The molecule has 1 unspecified atom stereocenters. The molecule has 0 aliphatic rings. The van der Waals surface area contributed by atoms with Crippen molar-refractivity contribution < 1.29 is 13.9 Å². The number of aromatic nitrogens is 1. The van der Waals surface area contributed by atoms with Crippen LogP contribution in [0, 0.1) is 5.82 Å². The number of rotatable bonds is 4. The van der Waals surface area contributed by atoms with E-state index in [0.717, 1.165) is 5.56 Å². The Kier molecular flexibility index (Phi) is 4.30. The Bertz CT molecular complexity index is 599. The van der Waals surface area contributed by atoms with E-state index in [9.17, 15) is 9.18 Å². The molecule has 104 valence electrons. The molecule has 0 fully saturated rings. The van der Waals surface area contributed by atoms with Gasteiger partial charge >= 0.3 is 5.97 Å². The van der Waals surface area contributed by atoms with E-state index in [4.69, 9.17) is 4.74 Å². The number of pyridine rings is 1. The highest BCUT2D eigenvalue weighted by atomic mass is 19.1. The summed E-state index contributed by atoms with van der Waals surface area (Å²) in [6.07, 6.45) is 1.59. The summed E-state index contributed by atoms with van der Waals surface area (Å²) >= 11 is 0. The van der Waals surface area contributed by atoms with Gasteiger partial charge < -0.3 is 10.1 Å². The first-order chi connectivity index (χ1) is 9.61. The number of nitrogens with one attached hydrogen (secondary N) is 1. The summed E-state index contributed by atoms with van der Waals surface area (Å²) in [6.45, 7) is 1.91. The van der Waals surface area contributed by atoms with E-state index >= 15 is 0 Å². The fraction of sp³-hybridized carbons (Fsp3) is 0.200. The second-order valence-corrected chi connectivity index (χ2v) is 4.31. The predicted molar refractivity (Wildman–Crippen MR) is 74.0 cm³/mol. The number of anilines is 1. The average Bonchev–Trinajstić information content (AvgIpc) is 2.47. The predicted octanol–water partition coefficient (Wildman–Crippen LogP) is 3.18. The Morgan fingerprint density at radius 2 is 2.00 bits per heavy atom. The minimum atomic E-state index is -0.452. The lowest BCUT2D eigenvalue weighted by Crippen LogP contribution is -2.13. The van der Waals surface area contributed by atoms with Gasteiger partial charge in [0.25, 0.3) is 0 Å². The van der Waals surface area contributed by atoms with Crippen molar-refractivity contribution in [3.8, 4) is 0 Å². The van der Waals surface area contributed by atoms with Crippen LogP contribution in [-0.2, 0) is 4.74 Å². The summed E-state index contributed by atoms with van der Waals surface area (Å²) in [7, 11) is 1.32. The molecule has 1 N–H and O–H groups in total. The molecule has 0 aliphatic heterocycles. The van der Waals surface area contributed by atoms with Crippen LogP contribution in [0.1, 0.15) is 28.9 Å². The number of hydrogen-bond acceptors (Lipinski definition) is 4. The Morgan fingerprint density at radius 1 is 1.30 bits per heavy atom. The lowest BCUT2D eigenvalue weighted by molar-refractivity contribution is 0.0601. The third-order valence-corrected chi connectivity index (χ3v) is 2.94. The molecule has 0 spiro atoms. The second-order valence-electron chi connectivity index (χ2n) is 4.31. The lowest BCUT2D eigenvalue weighted by Gasteiger charge is -2.16. The van der Waals surface area contributed by atoms with Crippen LogP contribution in [0.4, 0.5) is 10.2 Å². The van der Waals surface area contributed by atoms with Gasteiger partial charge in [-0.2, -0.15) is 0 Å². The van der Waals surface area contributed by atoms with Crippen molar-refractivity contribution in [2.24, 2.45) is 0 Å². The second kappa shape index (κ2) is 6.14. The summed E-state index contributed by atoms with van der Waals surface area (Å²) in [5, 5.41) is 3.13. The highest BCUT2D eigenvalue weighted by molar-refractivity contribution is 5.94.